The van der Waals surface area contributed by atoms with Crippen molar-refractivity contribution < 1.29 is 24.0 Å². The van der Waals surface area contributed by atoms with Crippen LogP contribution in [0.2, 0.25) is 0 Å². The van der Waals surface area contributed by atoms with E-state index in [0.29, 0.717) is 29.1 Å². The molecule has 2 aromatic rings. The van der Waals surface area contributed by atoms with Crippen molar-refractivity contribution in [3.05, 3.63) is 63.7 Å². The summed E-state index contributed by atoms with van der Waals surface area (Å²) in [6, 6.07) is 10.9. The molecule has 0 unspecified atom stereocenters. The second-order valence-corrected chi connectivity index (χ2v) is 7.69. The molecule has 0 bridgehead atoms. The van der Waals surface area contributed by atoms with Crippen molar-refractivity contribution >= 4 is 34.8 Å². The lowest BCUT2D eigenvalue weighted by Crippen LogP contribution is -2.28. The Morgan fingerprint density at radius 2 is 1.94 bits per heavy atom. The van der Waals surface area contributed by atoms with E-state index in [-0.39, 0.29) is 30.5 Å². The molecule has 9 heteroatoms. The maximum Gasteiger partial charge on any atom is 0.338 e. The first-order valence-corrected chi connectivity index (χ1v) is 10.4. The molecule has 0 radical (unpaired) electrons. The van der Waals surface area contributed by atoms with Gasteiger partial charge in [0.15, 0.2) is 0 Å². The number of carbonyl (C=O) groups excluding carboxylic acids is 3. The van der Waals surface area contributed by atoms with E-state index in [1.54, 1.807) is 43.3 Å². The van der Waals surface area contributed by atoms with Gasteiger partial charge in [0.2, 0.25) is 11.8 Å². The van der Waals surface area contributed by atoms with Crippen molar-refractivity contribution in [3.63, 3.8) is 0 Å². The number of nitro groups is 1. The highest BCUT2D eigenvalue weighted by Gasteiger charge is 2.35. The minimum Gasteiger partial charge on any atom is -0.462 e. The Morgan fingerprint density at radius 1 is 1.22 bits per heavy atom. The Labute approximate surface area is 185 Å². The van der Waals surface area contributed by atoms with Crippen LogP contribution in [0.5, 0.6) is 0 Å². The third-order valence-electron chi connectivity index (χ3n) is 5.32. The zero-order valence-electron chi connectivity index (χ0n) is 18.0. The number of aryl methyl sites for hydroxylation is 1. The van der Waals surface area contributed by atoms with Crippen LogP contribution in [-0.2, 0) is 14.3 Å². The quantitative estimate of drug-likeness (QED) is 0.289. The largest absolute Gasteiger partial charge is 0.462 e. The highest BCUT2D eigenvalue weighted by Crippen LogP contribution is 2.30. The lowest BCUT2D eigenvalue weighted by molar-refractivity contribution is -0.385. The molecular formula is C23H25N3O6. The molecule has 1 saturated heterocycles. The van der Waals surface area contributed by atoms with Crippen LogP contribution in [0.15, 0.2) is 42.5 Å². The molecule has 1 N–H and O–H groups in total. The highest BCUT2D eigenvalue weighted by molar-refractivity contribution is 6.03. The summed E-state index contributed by atoms with van der Waals surface area (Å²) in [5.41, 5.74) is 1.71. The molecular weight excluding hydrogens is 414 g/mol. The molecule has 0 aliphatic carbocycles. The summed E-state index contributed by atoms with van der Waals surface area (Å²) in [6.07, 6.45) is 1.74. The van der Waals surface area contributed by atoms with Gasteiger partial charge >= 0.3 is 5.97 Å². The molecule has 32 heavy (non-hydrogen) atoms. The molecule has 2 amide bonds. The number of amides is 2. The summed E-state index contributed by atoms with van der Waals surface area (Å²) in [6.45, 7) is 4.13. The second kappa shape index (κ2) is 10.0. The van der Waals surface area contributed by atoms with Crippen LogP contribution >= 0.6 is 0 Å². The average Bonchev–Trinajstić information content (AvgIpc) is 3.16. The van der Waals surface area contributed by atoms with Gasteiger partial charge in [0.05, 0.1) is 28.7 Å². The van der Waals surface area contributed by atoms with Crippen LogP contribution in [0.4, 0.5) is 17.1 Å². The third-order valence-corrected chi connectivity index (χ3v) is 5.32. The summed E-state index contributed by atoms with van der Waals surface area (Å²) in [4.78, 5) is 49.2. The van der Waals surface area contributed by atoms with Crippen LogP contribution < -0.4 is 10.2 Å². The maximum absolute atomic E-state index is 12.7. The predicted molar refractivity (Wildman–Crippen MR) is 119 cm³/mol. The number of nitrogens with one attached hydrogen (secondary N) is 1. The Hall–Kier alpha value is -3.75. The highest BCUT2D eigenvalue weighted by atomic mass is 16.6. The number of anilines is 2. The minimum absolute atomic E-state index is 0.00927. The van der Waals surface area contributed by atoms with Crippen LogP contribution in [0.25, 0.3) is 0 Å². The molecule has 2 aromatic carbocycles. The van der Waals surface area contributed by atoms with Crippen LogP contribution in [0.1, 0.15) is 42.1 Å². The topological polar surface area (TPSA) is 119 Å². The van der Waals surface area contributed by atoms with E-state index in [1.807, 2.05) is 6.92 Å². The number of ether oxygens (including phenoxy) is 1. The molecule has 0 aromatic heterocycles. The maximum atomic E-state index is 12.7. The fraction of sp³-hybridized carbons (Fsp3) is 0.348. The van der Waals surface area contributed by atoms with Crippen molar-refractivity contribution in [3.8, 4) is 0 Å². The lowest BCUT2D eigenvalue weighted by Gasteiger charge is -2.17. The van der Waals surface area contributed by atoms with E-state index >= 15 is 0 Å². The first-order chi connectivity index (χ1) is 15.3. The molecule has 1 fully saturated rings. The number of hydrogen-bond donors (Lipinski definition) is 1. The summed E-state index contributed by atoms with van der Waals surface area (Å²) < 4.78 is 5.16. The molecule has 0 saturated carbocycles. The van der Waals surface area contributed by atoms with Gasteiger partial charge in [-0.15, -0.1) is 0 Å². The van der Waals surface area contributed by atoms with Gasteiger partial charge in [0.25, 0.3) is 5.69 Å². The van der Waals surface area contributed by atoms with Gasteiger partial charge in [-0.05, 0) is 43.7 Å². The number of carbonyl (C=O) groups is 3. The van der Waals surface area contributed by atoms with Gasteiger partial charge in [-0.1, -0.05) is 19.4 Å². The van der Waals surface area contributed by atoms with Gasteiger partial charge < -0.3 is 15.0 Å². The van der Waals surface area contributed by atoms with Gasteiger partial charge in [0, 0.05) is 30.3 Å². The van der Waals surface area contributed by atoms with Crippen LogP contribution in [0, 0.1) is 23.0 Å². The van der Waals surface area contributed by atoms with Crippen LogP contribution in [-0.4, -0.2) is 35.9 Å². The number of unbranched alkanes of at least 4 members (excludes halogenated alkanes) is 1. The fourth-order valence-electron chi connectivity index (χ4n) is 3.42. The first-order valence-electron chi connectivity index (χ1n) is 10.4. The van der Waals surface area contributed by atoms with E-state index < -0.39 is 16.8 Å². The number of hydrogen-bond acceptors (Lipinski definition) is 6. The summed E-state index contributed by atoms with van der Waals surface area (Å²) in [5.74, 6) is -1.61. The second-order valence-electron chi connectivity index (χ2n) is 7.69. The standard InChI is InChI=1S/C23H25N3O6/c1-3-4-11-32-23(29)16-6-8-18(9-7-16)24-22(28)17-12-21(27)25(14-17)19-10-5-15(2)20(13-19)26(30)31/h5-10,13,17H,3-4,11-12,14H2,1-2H3,(H,24,28)/t17-/m1/s1. The number of benzene rings is 2. The van der Waals surface area contributed by atoms with Crippen molar-refractivity contribution in [1.82, 2.24) is 0 Å². The summed E-state index contributed by atoms with van der Waals surface area (Å²) in [7, 11) is 0. The zero-order chi connectivity index (χ0) is 23.3. The summed E-state index contributed by atoms with van der Waals surface area (Å²) >= 11 is 0. The Morgan fingerprint density at radius 3 is 2.59 bits per heavy atom. The summed E-state index contributed by atoms with van der Waals surface area (Å²) in [5, 5.41) is 13.9. The van der Waals surface area contributed by atoms with Gasteiger partial charge in [-0.3, -0.25) is 19.7 Å². The van der Waals surface area contributed by atoms with Crippen molar-refractivity contribution in [2.75, 3.05) is 23.4 Å². The molecule has 1 heterocycles. The fourth-order valence-corrected chi connectivity index (χ4v) is 3.42. The van der Waals surface area contributed by atoms with Crippen molar-refractivity contribution in [1.29, 1.82) is 0 Å². The van der Waals surface area contributed by atoms with E-state index in [2.05, 4.69) is 5.32 Å². The number of esters is 1. The Bertz CT molecular complexity index is 1030. The van der Waals surface area contributed by atoms with E-state index in [9.17, 15) is 24.5 Å². The first kappa shape index (κ1) is 22.9. The van der Waals surface area contributed by atoms with E-state index in [4.69, 9.17) is 4.74 Å². The van der Waals surface area contributed by atoms with Gasteiger partial charge in [-0.2, -0.15) is 0 Å². The number of nitrogens with zero attached hydrogens (tertiary/aromatic N) is 2. The van der Waals surface area contributed by atoms with Crippen molar-refractivity contribution in [2.24, 2.45) is 5.92 Å². The Balaban J connectivity index is 1.62. The van der Waals surface area contributed by atoms with Gasteiger partial charge in [0.1, 0.15) is 0 Å². The minimum atomic E-state index is -0.596. The number of nitro benzene ring substituents is 1. The molecule has 0 spiro atoms. The predicted octanol–water partition coefficient (Wildman–Crippen LogP) is 3.85. The molecule has 9 nitrogen and oxygen atoms in total. The average molecular weight is 439 g/mol. The van der Waals surface area contributed by atoms with E-state index in [0.717, 1.165) is 12.8 Å². The molecule has 3 rings (SSSR count). The SMILES string of the molecule is CCCCOC(=O)c1ccc(NC(=O)[C@@H]2CC(=O)N(c3ccc(C)c([N+](=O)[O-])c3)C2)cc1. The van der Waals surface area contributed by atoms with Crippen molar-refractivity contribution in [2.45, 2.75) is 33.1 Å². The third kappa shape index (κ3) is 5.29. The Kier molecular flexibility index (Phi) is 7.19. The normalized spacial score (nSPS) is 15.5. The van der Waals surface area contributed by atoms with E-state index in [1.165, 1.54) is 11.0 Å². The zero-order valence-corrected chi connectivity index (χ0v) is 18.0. The monoisotopic (exact) mass is 439 g/mol. The van der Waals surface area contributed by atoms with Crippen LogP contribution in [0.3, 0.4) is 0 Å². The number of rotatable bonds is 8. The lowest BCUT2D eigenvalue weighted by atomic mass is 10.1. The molecule has 168 valence electrons. The molecule has 1 atom stereocenters. The smallest absolute Gasteiger partial charge is 0.338 e. The van der Waals surface area contributed by atoms with Gasteiger partial charge in [-0.25, -0.2) is 4.79 Å². The molecule has 1 aliphatic heterocycles. The molecule has 1 aliphatic rings.